The molecule has 0 atom stereocenters. The number of fused-ring (bicyclic) bond motifs is 3. The highest BCUT2D eigenvalue weighted by Gasteiger charge is 2.18. The molecule has 2 aromatic heterocycles. The van der Waals surface area contributed by atoms with Gasteiger partial charge in [-0.3, -0.25) is 0 Å². The Hall–Kier alpha value is -6.65. The van der Waals surface area contributed by atoms with E-state index in [-0.39, 0.29) is 0 Å². The minimum Gasteiger partial charge on any atom is -0.456 e. The molecular formula is C46H33N3O. The van der Waals surface area contributed by atoms with E-state index in [0.717, 1.165) is 60.9 Å². The highest BCUT2D eigenvalue weighted by Crippen LogP contribution is 2.38. The Balaban J connectivity index is 1.21. The molecule has 8 rings (SSSR count). The maximum absolute atomic E-state index is 6.39. The fourth-order valence-corrected chi connectivity index (χ4v) is 6.35. The second-order valence-corrected chi connectivity index (χ2v) is 12.2. The number of hydrogen-bond acceptors (Lipinski definition) is 4. The number of benzene rings is 6. The van der Waals surface area contributed by atoms with Crippen LogP contribution in [0.4, 0.5) is 0 Å². The zero-order valence-corrected chi connectivity index (χ0v) is 27.6. The van der Waals surface area contributed by atoms with Crippen molar-refractivity contribution in [3.8, 4) is 45.3 Å². The van der Waals surface area contributed by atoms with Crippen LogP contribution < -0.4 is 0 Å². The second kappa shape index (κ2) is 13.5. The van der Waals surface area contributed by atoms with Crippen molar-refractivity contribution in [3.05, 3.63) is 188 Å². The molecular weight excluding hydrogens is 611 g/mol. The van der Waals surface area contributed by atoms with E-state index < -0.39 is 0 Å². The molecule has 8 aromatic rings. The molecule has 0 fully saturated rings. The molecule has 2 heterocycles. The lowest BCUT2D eigenvalue weighted by Crippen LogP contribution is -2.00. The smallest absolute Gasteiger partial charge is 0.164 e. The van der Waals surface area contributed by atoms with Crippen LogP contribution in [-0.2, 0) is 0 Å². The van der Waals surface area contributed by atoms with Gasteiger partial charge in [-0.1, -0.05) is 158 Å². The van der Waals surface area contributed by atoms with Gasteiger partial charge in [0.25, 0.3) is 0 Å². The Morgan fingerprint density at radius 2 is 1.14 bits per heavy atom. The zero-order chi connectivity index (χ0) is 33.9. The lowest BCUT2D eigenvalue weighted by Gasteiger charge is -2.09. The van der Waals surface area contributed by atoms with E-state index in [1.54, 1.807) is 0 Å². The number of aromatic nitrogens is 3. The lowest BCUT2D eigenvalue weighted by atomic mass is 9.96. The van der Waals surface area contributed by atoms with Gasteiger partial charge in [-0.25, -0.2) is 15.0 Å². The van der Waals surface area contributed by atoms with Crippen molar-refractivity contribution in [1.82, 2.24) is 15.0 Å². The molecule has 0 bridgehead atoms. The van der Waals surface area contributed by atoms with Crippen LogP contribution in [0, 0.1) is 0 Å². The van der Waals surface area contributed by atoms with Crippen molar-refractivity contribution in [2.75, 3.05) is 0 Å². The normalized spacial score (nSPS) is 12.0. The van der Waals surface area contributed by atoms with Gasteiger partial charge in [0.2, 0.25) is 0 Å². The summed E-state index contributed by atoms with van der Waals surface area (Å²) in [5, 5.41) is 1.98. The lowest BCUT2D eigenvalue weighted by molar-refractivity contribution is 0.669. The predicted octanol–water partition coefficient (Wildman–Crippen LogP) is 12.1. The SMILES string of the molecule is C=C/C=C(\C=C(/C)c1ccccc1)c1ccc(-c2ccc3oc4cccc(-c5nc(-c6ccccc6)nc(-c6ccccc6)n5)c4c3c2)cc1. The second-order valence-electron chi connectivity index (χ2n) is 12.2. The van der Waals surface area contributed by atoms with Crippen LogP contribution in [0.3, 0.4) is 0 Å². The van der Waals surface area contributed by atoms with Crippen LogP contribution in [0.5, 0.6) is 0 Å². The number of furan rings is 1. The molecule has 0 radical (unpaired) electrons. The Bertz CT molecular complexity index is 2470. The predicted molar refractivity (Wildman–Crippen MR) is 207 cm³/mol. The van der Waals surface area contributed by atoms with Crippen LogP contribution >= 0.6 is 0 Å². The molecule has 0 saturated heterocycles. The molecule has 50 heavy (non-hydrogen) atoms. The highest BCUT2D eigenvalue weighted by molar-refractivity contribution is 6.12. The maximum Gasteiger partial charge on any atom is 0.164 e. The monoisotopic (exact) mass is 643 g/mol. The van der Waals surface area contributed by atoms with Crippen molar-refractivity contribution in [1.29, 1.82) is 0 Å². The summed E-state index contributed by atoms with van der Waals surface area (Å²) in [6.07, 6.45) is 6.11. The molecule has 238 valence electrons. The summed E-state index contributed by atoms with van der Waals surface area (Å²) in [7, 11) is 0. The van der Waals surface area contributed by atoms with E-state index in [1.165, 1.54) is 11.1 Å². The van der Waals surface area contributed by atoms with E-state index in [0.29, 0.717) is 17.5 Å². The Morgan fingerprint density at radius 1 is 0.540 bits per heavy atom. The Morgan fingerprint density at radius 3 is 1.78 bits per heavy atom. The van der Waals surface area contributed by atoms with Gasteiger partial charge in [0.1, 0.15) is 11.2 Å². The largest absolute Gasteiger partial charge is 0.456 e. The first-order chi connectivity index (χ1) is 24.6. The summed E-state index contributed by atoms with van der Waals surface area (Å²) in [5.74, 6) is 1.85. The van der Waals surface area contributed by atoms with Crippen molar-refractivity contribution in [2.45, 2.75) is 6.92 Å². The van der Waals surface area contributed by atoms with E-state index in [1.807, 2.05) is 84.9 Å². The number of rotatable bonds is 8. The molecule has 0 aliphatic heterocycles. The molecule has 0 spiro atoms. The van der Waals surface area contributed by atoms with E-state index in [4.69, 9.17) is 19.4 Å². The van der Waals surface area contributed by atoms with Gasteiger partial charge >= 0.3 is 0 Å². The summed E-state index contributed by atoms with van der Waals surface area (Å²) in [6, 6.07) is 51.6. The summed E-state index contributed by atoms with van der Waals surface area (Å²) in [4.78, 5) is 14.9. The Kier molecular flexibility index (Phi) is 8.26. The van der Waals surface area contributed by atoms with Crippen molar-refractivity contribution >= 4 is 33.1 Å². The van der Waals surface area contributed by atoms with Gasteiger partial charge in [-0.2, -0.15) is 0 Å². The standard InChI is InChI=1S/C46H33N3O/c1-3-14-37(29-31(2)32-15-7-4-8-16-32)33-23-25-34(26-24-33)38-27-28-41-40(30-38)43-39(21-13-22-42(43)50-41)46-48-44(35-17-9-5-10-18-35)47-45(49-46)36-19-11-6-12-20-36/h3-30H,1H2,2H3/b31-29+,37-14+. The Labute approximate surface area is 291 Å². The van der Waals surface area contributed by atoms with Crippen molar-refractivity contribution < 1.29 is 4.42 Å². The molecule has 0 N–H and O–H groups in total. The maximum atomic E-state index is 6.39. The molecule has 6 aromatic carbocycles. The van der Waals surface area contributed by atoms with E-state index in [9.17, 15) is 0 Å². The van der Waals surface area contributed by atoms with Gasteiger partial charge in [0, 0.05) is 27.5 Å². The number of nitrogens with zero attached hydrogens (tertiary/aromatic N) is 3. The van der Waals surface area contributed by atoms with E-state index in [2.05, 4.69) is 98.5 Å². The summed E-state index contributed by atoms with van der Waals surface area (Å²) in [5.41, 5.74) is 11.2. The molecule has 4 nitrogen and oxygen atoms in total. The van der Waals surface area contributed by atoms with Crippen molar-refractivity contribution in [3.63, 3.8) is 0 Å². The van der Waals surface area contributed by atoms with Crippen LogP contribution in [-0.4, -0.2) is 15.0 Å². The van der Waals surface area contributed by atoms with Gasteiger partial charge in [-0.15, -0.1) is 0 Å². The van der Waals surface area contributed by atoms with Gasteiger partial charge < -0.3 is 4.42 Å². The quantitative estimate of drug-likeness (QED) is 0.155. The number of allylic oxidation sites excluding steroid dienone is 5. The topological polar surface area (TPSA) is 51.8 Å². The van der Waals surface area contributed by atoms with Crippen LogP contribution in [0.1, 0.15) is 18.1 Å². The molecule has 0 saturated carbocycles. The van der Waals surface area contributed by atoms with Crippen LogP contribution in [0.15, 0.2) is 181 Å². The van der Waals surface area contributed by atoms with Gasteiger partial charge in [0.05, 0.1) is 0 Å². The third-order valence-corrected chi connectivity index (χ3v) is 8.89. The average molecular weight is 644 g/mol. The highest BCUT2D eigenvalue weighted by atomic mass is 16.3. The minimum absolute atomic E-state index is 0.598. The molecule has 0 amide bonds. The fourth-order valence-electron chi connectivity index (χ4n) is 6.35. The fraction of sp³-hybridized carbons (Fsp3) is 0.0217. The zero-order valence-electron chi connectivity index (χ0n) is 27.6. The molecule has 4 heteroatoms. The summed E-state index contributed by atoms with van der Waals surface area (Å²) >= 11 is 0. The van der Waals surface area contributed by atoms with Gasteiger partial charge in [0.15, 0.2) is 17.5 Å². The molecule has 0 aliphatic rings. The summed E-state index contributed by atoms with van der Waals surface area (Å²) < 4.78 is 6.39. The third kappa shape index (κ3) is 6.07. The van der Waals surface area contributed by atoms with Crippen molar-refractivity contribution in [2.24, 2.45) is 0 Å². The van der Waals surface area contributed by atoms with Crippen LogP contribution in [0.2, 0.25) is 0 Å². The van der Waals surface area contributed by atoms with Gasteiger partial charge in [-0.05, 0) is 58.5 Å². The third-order valence-electron chi connectivity index (χ3n) is 8.89. The van der Waals surface area contributed by atoms with Crippen LogP contribution in [0.25, 0.3) is 78.4 Å². The van der Waals surface area contributed by atoms with E-state index >= 15 is 0 Å². The number of hydrogen-bond donors (Lipinski definition) is 0. The summed E-state index contributed by atoms with van der Waals surface area (Å²) in [6.45, 7) is 6.10. The average Bonchev–Trinajstić information content (AvgIpc) is 3.57. The molecule has 0 unspecified atom stereocenters. The minimum atomic E-state index is 0.598. The first kappa shape index (κ1) is 30.7. The first-order valence-electron chi connectivity index (χ1n) is 16.6. The molecule has 0 aliphatic carbocycles. The first-order valence-corrected chi connectivity index (χ1v) is 16.6.